The van der Waals surface area contributed by atoms with Gasteiger partial charge in [0.2, 0.25) is 5.91 Å². The molecule has 0 aliphatic heterocycles. The third kappa shape index (κ3) is 4.03. The smallest absolute Gasteiger partial charge is 0.227 e. The summed E-state index contributed by atoms with van der Waals surface area (Å²) in [5, 5.41) is 3.84. The predicted octanol–water partition coefficient (Wildman–Crippen LogP) is 4.64. The minimum atomic E-state index is -0.229. The molecule has 0 bridgehead atoms. The fourth-order valence-electron chi connectivity index (χ4n) is 3.21. The summed E-state index contributed by atoms with van der Waals surface area (Å²) in [6, 6.07) is 13.5. The molecule has 5 heteroatoms. The lowest BCUT2D eigenvalue weighted by Crippen LogP contribution is -2.33. The molecule has 0 heterocycles. The number of nitrogens with two attached hydrogens (primary N) is 1. The Balaban J connectivity index is 0.00000208. The van der Waals surface area contributed by atoms with Gasteiger partial charge in [-0.2, -0.15) is 0 Å². The average molecular weight is 365 g/mol. The van der Waals surface area contributed by atoms with Gasteiger partial charge in [0.15, 0.2) is 0 Å². The molecule has 128 valence electrons. The zero-order chi connectivity index (χ0) is 16.4. The van der Waals surface area contributed by atoms with E-state index < -0.39 is 0 Å². The molecule has 0 saturated carbocycles. The molecule has 2 aromatic rings. The number of hydrogen-bond acceptors (Lipinski definition) is 2. The van der Waals surface area contributed by atoms with Crippen LogP contribution in [0.4, 0.5) is 5.69 Å². The molecule has 1 aliphatic rings. The molecular formula is C19H22Cl2N2O. The Morgan fingerprint density at radius 2 is 2.08 bits per heavy atom. The summed E-state index contributed by atoms with van der Waals surface area (Å²) in [6.07, 6.45) is 3.05. The van der Waals surface area contributed by atoms with Crippen LogP contribution in [0.2, 0.25) is 5.02 Å². The van der Waals surface area contributed by atoms with Crippen LogP contribution in [0.5, 0.6) is 0 Å². The number of rotatable bonds is 3. The first-order chi connectivity index (χ1) is 11.0. The first-order valence-corrected chi connectivity index (χ1v) is 8.36. The van der Waals surface area contributed by atoms with Gasteiger partial charge in [0.25, 0.3) is 0 Å². The van der Waals surface area contributed by atoms with Crippen molar-refractivity contribution in [3.05, 3.63) is 64.2 Å². The van der Waals surface area contributed by atoms with Crippen LogP contribution in [0.25, 0.3) is 0 Å². The minimum Gasteiger partial charge on any atom is -0.399 e. The maximum atomic E-state index is 12.6. The summed E-state index contributed by atoms with van der Waals surface area (Å²) in [5.74, 6) is -0.199. The highest BCUT2D eigenvalue weighted by Gasteiger charge is 2.24. The van der Waals surface area contributed by atoms with Crippen LogP contribution in [0, 0.1) is 0 Å². The maximum absolute atomic E-state index is 12.6. The van der Waals surface area contributed by atoms with Gasteiger partial charge in [0, 0.05) is 10.7 Å². The minimum absolute atomic E-state index is 0. The lowest BCUT2D eigenvalue weighted by atomic mass is 9.87. The Kier molecular flexibility index (Phi) is 6.14. The number of fused-ring (bicyclic) bond motifs is 1. The van der Waals surface area contributed by atoms with Gasteiger partial charge >= 0.3 is 0 Å². The lowest BCUT2D eigenvalue weighted by Gasteiger charge is -2.28. The van der Waals surface area contributed by atoms with E-state index in [2.05, 4.69) is 5.32 Å². The van der Waals surface area contributed by atoms with Crippen LogP contribution in [0.3, 0.4) is 0 Å². The number of anilines is 1. The molecule has 0 spiro atoms. The van der Waals surface area contributed by atoms with E-state index in [9.17, 15) is 4.79 Å². The van der Waals surface area contributed by atoms with E-state index >= 15 is 0 Å². The topological polar surface area (TPSA) is 55.1 Å². The SMILES string of the molecule is CC(C(=O)NC1CCCc2cc(N)ccc21)c1cccc(Cl)c1.Cl. The first kappa shape index (κ1) is 18.6. The quantitative estimate of drug-likeness (QED) is 0.779. The summed E-state index contributed by atoms with van der Waals surface area (Å²) >= 11 is 6.02. The Morgan fingerprint density at radius 1 is 1.29 bits per heavy atom. The van der Waals surface area contributed by atoms with Gasteiger partial charge in [-0.05, 0) is 67.1 Å². The van der Waals surface area contributed by atoms with Crippen molar-refractivity contribution >= 4 is 35.6 Å². The number of nitrogen functional groups attached to an aromatic ring is 1. The normalized spacial score (nSPS) is 17.3. The summed E-state index contributed by atoms with van der Waals surface area (Å²) in [5.41, 5.74) is 10.0. The van der Waals surface area contributed by atoms with Crippen molar-refractivity contribution in [2.75, 3.05) is 5.73 Å². The highest BCUT2D eigenvalue weighted by Crippen LogP contribution is 2.31. The third-order valence-electron chi connectivity index (χ3n) is 4.54. The maximum Gasteiger partial charge on any atom is 0.227 e. The highest BCUT2D eigenvalue weighted by atomic mass is 35.5. The zero-order valence-corrected chi connectivity index (χ0v) is 15.2. The second-order valence-electron chi connectivity index (χ2n) is 6.19. The molecule has 0 aromatic heterocycles. The van der Waals surface area contributed by atoms with Crippen LogP contribution in [-0.2, 0) is 11.2 Å². The number of halogens is 2. The Labute approximate surface area is 154 Å². The highest BCUT2D eigenvalue weighted by molar-refractivity contribution is 6.30. The van der Waals surface area contributed by atoms with E-state index in [0.29, 0.717) is 5.02 Å². The Bertz CT molecular complexity index is 733. The van der Waals surface area contributed by atoms with Crippen molar-refractivity contribution in [1.82, 2.24) is 5.32 Å². The van der Waals surface area contributed by atoms with Gasteiger partial charge in [-0.15, -0.1) is 12.4 Å². The molecule has 0 radical (unpaired) electrons. The monoisotopic (exact) mass is 364 g/mol. The van der Waals surface area contributed by atoms with Gasteiger partial charge in [0.05, 0.1) is 12.0 Å². The van der Waals surface area contributed by atoms with E-state index in [1.807, 2.05) is 49.4 Å². The van der Waals surface area contributed by atoms with Crippen molar-refractivity contribution < 1.29 is 4.79 Å². The number of benzene rings is 2. The van der Waals surface area contributed by atoms with Crippen LogP contribution in [0.1, 0.15) is 48.4 Å². The van der Waals surface area contributed by atoms with E-state index in [4.69, 9.17) is 17.3 Å². The fraction of sp³-hybridized carbons (Fsp3) is 0.316. The van der Waals surface area contributed by atoms with Gasteiger partial charge in [-0.25, -0.2) is 0 Å². The number of nitrogens with one attached hydrogen (secondary N) is 1. The third-order valence-corrected chi connectivity index (χ3v) is 4.77. The van der Waals surface area contributed by atoms with Gasteiger partial charge in [-0.1, -0.05) is 29.8 Å². The number of aryl methyl sites for hydroxylation is 1. The zero-order valence-electron chi connectivity index (χ0n) is 13.6. The molecule has 2 aromatic carbocycles. The van der Waals surface area contributed by atoms with E-state index in [0.717, 1.165) is 30.5 Å². The van der Waals surface area contributed by atoms with Crippen LogP contribution in [-0.4, -0.2) is 5.91 Å². The van der Waals surface area contributed by atoms with Gasteiger partial charge in [0.1, 0.15) is 0 Å². The molecule has 1 aliphatic carbocycles. The number of carbonyl (C=O) groups excluding carboxylic acids is 1. The number of carbonyl (C=O) groups is 1. The van der Waals surface area contributed by atoms with Crippen molar-refractivity contribution in [2.24, 2.45) is 0 Å². The second-order valence-corrected chi connectivity index (χ2v) is 6.62. The fourth-order valence-corrected chi connectivity index (χ4v) is 3.41. The molecule has 3 nitrogen and oxygen atoms in total. The summed E-state index contributed by atoms with van der Waals surface area (Å²) in [4.78, 5) is 12.6. The summed E-state index contributed by atoms with van der Waals surface area (Å²) < 4.78 is 0. The molecule has 2 unspecified atom stereocenters. The first-order valence-electron chi connectivity index (χ1n) is 7.99. The van der Waals surface area contributed by atoms with Gasteiger partial charge in [-0.3, -0.25) is 4.79 Å². The van der Waals surface area contributed by atoms with Crippen LogP contribution < -0.4 is 11.1 Å². The molecule has 1 amide bonds. The molecule has 24 heavy (non-hydrogen) atoms. The van der Waals surface area contributed by atoms with Crippen LogP contribution >= 0.6 is 24.0 Å². The predicted molar refractivity (Wildman–Crippen MR) is 102 cm³/mol. The molecule has 0 saturated heterocycles. The van der Waals surface area contributed by atoms with Crippen LogP contribution in [0.15, 0.2) is 42.5 Å². The van der Waals surface area contributed by atoms with E-state index in [-0.39, 0.29) is 30.3 Å². The lowest BCUT2D eigenvalue weighted by molar-refractivity contribution is -0.123. The van der Waals surface area contributed by atoms with E-state index in [1.54, 1.807) is 0 Å². The second kappa shape index (κ2) is 7.91. The molecule has 3 N–H and O–H groups in total. The molecule has 3 rings (SSSR count). The Hall–Kier alpha value is -1.71. The van der Waals surface area contributed by atoms with Gasteiger partial charge < -0.3 is 11.1 Å². The van der Waals surface area contributed by atoms with E-state index in [1.165, 1.54) is 11.1 Å². The molecule has 2 atom stereocenters. The standard InChI is InChI=1S/C19H21ClN2O.ClH/c1-12(13-4-2-6-15(20)10-13)19(23)22-18-7-3-5-14-11-16(21)8-9-17(14)18;/h2,4,6,8-12,18H,3,5,7,21H2,1H3,(H,22,23);1H. The van der Waals surface area contributed by atoms with Crippen molar-refractivity contribution in [3.8, 4) is 0 Å². The largest absolute Gasteiger partial charge is 0.399 e. The number of hydrogen-bond donors (Lipinski definition) is 2. The summed E-state index contributed by atoms with van der Waals surface area (Å²) in [7, 11) is 0. The Morgan fingerprint density at radius 3 is 2.83 bits per heavy atom. The van der Waals surface area contributed by atoms with Crippen molar-refractivity contribution in [1.29, 1.82) is 0 Å². The molecule has 0 fully saturated rings. The average Bonchev–Trinajstić information content (AvgIpc) is 2.54. The van der Waals surface area contributed by atoms with Crippen molar-refractivity contribution in [2.45, 2.75) is 38.1 Å². The number of amides is 1. The van der Waals surface area contributed by atoms with Crippen molar-refractivity contribution in [3.63, 3.8) is 0 Å². The summed E-state index contributed by atoms with van der Waals surface area (Å²) in [6.45, 7) is 1.91. The molecular weight excluding hydrogens is 343 g/mol.